The molecule has 0 saturated carbocycles. The molecule has 0 unspecified atom stereocenters. The Labute approximate surface area is 210 Å². The van der Waals surface area contributed by atoms with Gasteiger partial charge in [-0.3, -0.25) is 14.5 Å². The number of benzene rings is 2. The van der Waals surface area contributed by atoms with Gasteiger partial charge in [0.2, 0.25) is 0 Å². The standard InChI is InChI=1S/C27H32N2O7/c1-17-16-18(8-9-20(17)33-2)24(30)22-23(19-6-5-7-21(34-3)26(19)35-4)29(27(32)25(22)31)11-10-28-12-14-36-15-13-28/h5-9,16,23,30H,10-15H2,1-4H3/t23-/m0/s1. The second-order valence-corrected chi connectivity index (χ2v) is 8.71. The van der Waals surface area contributed by atoms with Crippen LogP contribution in [0.1, 0.15) is 22.7 Å². The third kappa shape index (κ3) is 4.76. The van der Waals surface area contributed by atoms with Crippen molar-refractivity contribution in [3.8, 4) is 17.2 Å². The summed E-state index contributed by atoms with van der Waals surface area (Å²) in [5.41, 5.74) is 1.79. The number of morpholine rings is 1. The van der Waals surface area contributed by atoms with Crippen LogP contribution in [-0.2, 0) is 14.3 Å². The van der Waals surface area contributed by atoms with Crippen LogP contribution in [0, 0.1) is 6.92 Å². The van der Waals surface area contributed by atoms with Gasteiger partial charge >= 0.3 is 0 Å². The van der Waals surface area contributed by atoms with Crippen LogP contribution in [0.4, 0.5) is 0 Å². The largest absolute Gasteiger partial charge is 0.507 e. The molecule has 2 aliphatic rings. The normalized spacial score (nSPS) is 20.0. The van der Waals surface area contributed by atoms with E-state index < -0.39 is 17.7 Å². The number of ketones is 1. The Kier molecular flexibility index (Phi) is 7.81. The van der Waals surface area contributed by atoms with Crippen LogP contribution in [0.15, 0.2) is 42.0 Å². The van der Waals surface area contributed by atoms with E-state index in [1.165, 1.54) is 19.1 Å². The molecule has 2 fully saturated rings. The van der Waals surface area contributed by atoms with E-state index in [1.807, 2.05) is 6.92 Å². The van der Waals surface area contributed by atoms with Crippen molar-refractivity contribution in [2.75, 3.05) is 60.7 Å². The molecule has 2 aromatic rings. The number of Topliss-reactive ketones (excluding diaryl/α,β-unsaturated/α-hetero) is 1. The molecule has 0 aliphatic carbocycles. The van der Waals surface area contributed by atoms with Crippen molar-refractivity contribution >= 4 is 17.4 Å². The molecule has 1 atom stereocenters. The van der Waals surface area contributed by atoms with Crippen molar-refractivity contribution in [3.05, 3.63) is 58.7 Å². The summed E-state index contributed by atoms with van der Waals surface area (Å²) in [6, 6.07) is 9.58. The Morgan fingerprint density at radius 1 is 1.00 bits per heavy atom. The summed E-state index contributed by atoms with van der Waals surface area (Å²) >= 11 is 0. The molecule has 9 nitrogen and oxygen atoms in total. The second kappa shape index (κ2) is 11.0. The topological polar surface area (TPSA) is 97.8 Å². The molecule has 9 heteroatoms. The highest BCUT2D eigenvalue weighted by Gasteiger charge is 2.47. The van der Waals surface area contributed by atoms with Gasteiger partial charge in [0, 0.05) is 37.3 Å². The van der Waals surface area contributed by atoms with Gasteiger partial charge in [0.15, 0.2) is 11.5 Å². The summed E-state index contributed by atoms with van der Waals surface area (Å²) in [7, 11) is 4.60. The third-order valence-corrected chi connectivity index (χ3v) is 6.70. The van der Waals surface area contributed by atoms with Crippen LogP contribution in [0.2, 0.25) is 0 Å². The Hall–Kier alpha value is -3.56. The van der Waals surface area contributed by atoms with E-state index in [2.05, 4.69) is 4.90 Å². The monoisotopic (exact) mass is 496 g/mol. The first-order chi connectivity index (χ1) is 17.4. The average Bonchev–Trinajstić information content (AvgIpc) is 3.16. The number of ether oxygens (including phenoxy) is 4. The fourth-order valence-electron chi connectivity index (χ4n) is 4.82. The lowest BCUT2D eigenvalue weighted by atomic mass is 9.94. The number of carbonyl (C=O) groups is 2. The number of aliphatic hydroxyl groups is 1. The molecule has 2 heterocycles. The smallest absolute Gasteiger partial charge is 0.295 e. The number of aryl methyl sites for hydroxylation is 1. The number of para-hydroxylation sites is 1. The summed E-state index contributed by atoms with van der Waals surface area (Å²) in [6.45, 7) is 5.48. The van der Waals surface area contributed by atoms with Gasteiger partial charge in [-0.2, -0.15) is 0 Å². The van der Waals surface area contributed by atoms with E-state index in [1.54, 1.807) is 43.5 Å². The lowest BCUT2D eigenvalue weighted by Crippen LogP contribution is -2.42. The molecular weight excluding hydrogens is 464 g/mol. The van der Waals surface area contributed by atoms with Gasteiger partial charge in [-0.05, 0) is 36.8 Å². The lowest BCUT2D eigenvalue weighted by Gasteiger charge is -2.31. The molecule has 0 aromatic heterocycles. The zero-order chi connectivity index (χ0) is 25.8. The number of carbonyl (C=O) groups excluding carboxylic acids is 2. The quantitative estimate of drug-likeness (QED) is 0.339. The molecule has 2 saturated heterocycles. The van der Waals surface area contributed by atoms with Crippen molar-refractivity contribution in [1.82, 2.24) is 9.80 Å². The number of rotatable bonds is 8. The first-order valence-electron chi connectivity index (χ1n) is 11.9. The van der Waals surface area contributed by atoms with Crippen molar-refractivity contribution < 1.29 is 33.6 Å². The highest BCUT2D eigenvalue weighted by atomic mass is 16.5. The summed E-state index contributed by atoms with van der Waals surface area (Å²) in [5.74, 6) is -0.122. The molecule has 4 rings (SSSR count). The first-order valence-corrected chi connectivity index (χ1v) is 11.9. The fourth-order valence-corrected chi connectivity index (χ4v) is 4.82. The number of methoxy groups -OCH3 is 3. The highest BCUT2D eigenvalue weighted by Crippen LogP contribution is 2.45. The average molecular weight is 497 g/mol. The van der Waals surface area contributed by atoms with Crippen LogP contribution in [0.25, 0.3) is 5.76 Å². The van der Waals surface area contributed by atoms with Gasteiger partial charge in [0.25, 0.3) is 11.7 Å². The number of nitrogens with zero attached hydrogens (tertiary/aromatic N) is 2. The highest BCUT2D eigenvalue weighted by molar-refractivity contribution is 6.46. The number of likely N-dealkylation sites (tertiary alicyclic amines) is 1. The summed E-state index contributed by atoms with van der Waals surface area (Å²) in [4.78, 5) is 30.4. The molecule has 0 radical (unpaired) electrons. The molecule has 2 aromatic carbocycles. The van der Waals surface area contributed by atoms with Crippen molar-refractivity contribution in [3.63, 3.8) is 0 Å². The zero-order valence-corrected chi connectivity index (χ0v) is 21.1. The van der Waals surface area contributed by atoms with Gasteiger partial charge in [-0.25, -0.2) is 0 Å². The molecule has 1 amide bonds. The minimum Gasteiger partial charge on any atom is -0.507 e. The Morgan fingerprint density at radius 3 is 2.36 bits per heavy atom. The molecular formula is C27H32N2O7. The van der Waals surface area contributed by atoms with Crippen molar-refractivity contribution in [1.29, 1.82) is 0 Å². The van der Waals surface area contributed by atoms with Crippen LogP contribution in [0.5, 0.6) is 17.2 Å². The maximum Gasteiger partial charge on any atom is 0.295 e. The maximum absolute atomic E-state index is 13.4. The maximum atomic E-state index is 13.4. The van der Waals surface area contributed by atoms with E-state index in [4.69, 9.17) is 18.9 Å². The number of amides is 1. The predicted molar refractivity (Wildman–Crippen MR) is 134 cm³/mol. The van der Waals surface area contributed by atoms with Crippen molar-refractivity contribution in [2.45, 2.75) is 13.0 Å². The number of aliphatic hydroxyl groups excluding tert-OH is 1. The fraction of sp³-hybridized carbons (Fsp3) is 0.407. The van der Waals surface area contributed by atoms with Gasteiger partial charge in [-0.1, -0.05) is 12.1 Å². The van der Waals surface area contributed by atoms with Crippen LogP contribution < -0.4 is 14.2 Å². The Morgan fingerprint density at radius 2 is 1.72 bits per heavy atom. The third-order valence-electron chi connectivity index (χ3n) is 6.70. The van der Waals surface area contributed by atoms with Gasteiger partial charge in [0.1, 0.15) is 11.5 Å². The predicted octanol–water partition coefficient (Wildman–Crippen LogP) is 2.77. The van der Waals surface area contributed by atoms with Gasteiger partial charge in [0.05, 0.1) is 46.2 Å². The van der Waals surface area contributed by atoms with E-state index in [-0.39, 0.29) is 11.3 Å². The molecule has 2 aliphatic heterocycles. The first kappa shape index (κ1) is 25.5. The van der Waals surface area contributed by atoms with Crippen LogP contribution >= 0.6 is 0 Å². The van der Waals surface area contributed by atoms with E-state index >= 15 is 0 Å². The Balaban J connectivity index is 1.83. The van der Waals surface area contributed by atoms with Gasteiger partial charge < -0.3 is 29.0 Å². The van der Waals surface area contributed by atoms with Crippen LogP contribution in [0.3, 0.4) is 0 Å². The van der Waals surface area contributed by atoms with Gasteiger partial charge in [-0.15, -0.1) is 0 Å². The zero-order valence-electron chi connectivity index (χ0n) is 21.1. The van der Waals surface area contributed by atoms with E-state index in [9.17, 15) is 14.7 Å². The summed E-state index contributed by atoms with van der Waals surface area (Å²) in [5, 5.41) is 11.4. The van der Waals surface area contributed by atoms with Crippen LogP contribution in [-0.4, -0.2) is 87.3 Å². The van der Waals surface area contributed by atoms with Crippen molar-refractivity contribution in [2.24, 2.45) is 0 Å². The minimum atomic E-state index is -0.849. The molecule has 0 bridgehead atoms. The van der Waals surface area contributed by atoms with E-state index in [0.29, 0.717) is 54.7 Å². The molecule has 0 spiro atoms. The Bertz CT molecular complexity index is 1170. The number of hydrogen-bond donors (Lipinski definition) is 1. The molecule has 36 heavy (non-hydrogen) atoms. The molecule has 1 N–H and O–H groups in total. The van der Waals surface area contributed by atoms with E-state index in [0.717, 1.165) is 18.7 Å². The SMILES string of the molecule is COc1ccc(C(O)=C2C(=O)C(=O)N(CCN3CCOCC3)[C@H]2c2cccc(OC)c2OC)cc1C. The second-order valence-electron chi connectivity index (χ2n) is 8.71. The minimum absolute atomic E-state index is 0.0121. The number of hydrogen-bond acceptors (Lipinski definition) is 8. The molecule has 192 valence electrons. The summed E-state index contributed by atoms with van der Waals surface area (Å²) in [6.07, 6.45) is 0. The lowest BCUT2D eigenvalue weighted by molar-refractivity contribution is -0.140. The summed E-state index contributed by atoms with van der Waals surface area (Å²) < 4.78 is 21.9.